The van der Waals surface area contributed by atoms with Gasteiger partial charge in [-0.05, 0) is 11.1 Å². The van der Waals surface area contributed by atoms with Crippen LogP contribution in [0.2, 0.25) is 0 Å². The van der Waals surface area contributed by atoms with Crippen molar-refractivity contribution < 1.29 is 9.59 Å². The van der Waals surface area contributed by atoms with Crippen LogP contribution in [-0.4, -0.2) is 29.3 Å². The maximum atomic E-state index is 12.6. The molecule has 4 heteroatoms. The Kier molecular flexibility index (Phi) is 7.06. The fourth-order valence-corrected chi connectivity index (χ4v) is 3.07. The summed E-state index contributed by atoms with van der Waals surface area (Å²) in [6, 6.07) is 28.6. The van der Waals surface area contributed by atoms with Gasteiger partial charge < -0.3 is 0 Å². The second-order valence-electron chi connectivity index (χ2n) is 6.90. The lowest BCUT2D eigenvalue weighted by molar-refractivity contribution is -0.117. The third kappa shape index (κ3) is 6.25. The minimum absolute atomic E-state index is 0.113. The zero-order valence-electron chi connectivity index (χ0n) is 16.5. The molecule has 3 rings (SSSR count). The monoisotopic (exact) mass is 384 g/mol. The minimum Gasteiger partial charge on any atom is -0.299 e. The molecule has 0 fully saturated rings. The molecule has 146 valence electrons. The Hall–Kier alpha value is -3.53. The number of nitrogens with zero attached hydrogens (tertiary/aromatic N) is 2. The third-order valence-corrected chi connectivity index (χ3v) is 4.47. The van der Waals surface area contributed by atoms with E-state index >= 15 is 0 Å². The number of hydrogen-bond donors (Lipinski definition) is 0. The molecule has 0 aromatic heterocycles. The maximum Gasteiger partial charge on any atom is 0.170 e. The molecule has 0 spiro atoms. The van der Waals surface area contributed by atoms with Crippen molar-refractivity contribution in [1.29, 1.82) is 0 Å². The van der Waals surface area contributed by atoms with Crippen LogP contribution in [0.5, 0.6) is 0 Å². The lowest BCUT2D eigenvalue weighted by atomic mass is 10.00. The molecule has 0 bridgehead atoms. The standard InChI is InChI=1S/C25H24N2O2/c1-27(19-20-11-5-2-6-12-20)26-24(21-13-7-3-8-14-21)17-23(28)18-25(29)22-15-9-4-10-16-22/h2-16H,17-19H2,1H3. The quantitative estimate of drug-likeness (QED) is 0.231. The van der Waals surface area contributed by atoms with Crippen LogP contribution in [0.25, 0.3) is 0 Å². The fraction of sp³-hybridized carbons (Fsp3) is 0.160. The fourth-order valence-electron chi connectivity index (χ4n) is 3.07. The highest BCUT2D eigenvalue weighted by molar-refractivity contribution is 6.16. The van der Waals surface area contributed by atoms with Crippen molar-refractivity contribution in [3.8, 4) is 0 Å². The van der Waals surface area contributed by atoms with Gasteiger partial charge in [-0.25, -0.2) is 0 Å². The molecule has 0 unspecified atom stereocenters. The summed E-state index contributed by atoms with van der Waals surface area (Å²) in [5.74, 6) is -0.310. The molecular formula is C25H24N2O2. The first-order valence-electron chi connectivity index (χ1n) is 9.60. The molecule has 0 radical (unpaired) electrons. The summed E-state index contributed by atoms with van der Waals surface area (Å²) in [5.41, 5.74) is 3.24. The van der Waals surface area contributed by atoms with Gasteiger partial charge in [0.2, 0.25) is 0 Å². The molecule has 0 heterocycles. The van der Waals surface area contributed by atoms with Crippen LogP contribution in [0.1, 0.15) is 34.3 Å². The van der Waals surface area contributed by atoms with Crippen molar-refractivity contribution in [2.24, 2.45) is 5.10 Å². The van der Waals surface area contributed by atoms with Gasteiger partial charge in [0, 0.05) is 12.6 Å². The molecule has 0 aliphatic heterocycles. The Morgan fingerprint density at radius 2 is 1.24 bits per heavy atom. The Bertz CT molecular complexity index is 967. The van der Waals surface area contributed by atoms with E-state index in [9.17, 15) is 9.59 Å². The largest absolute Gasteiger partial charge is 0.299 e. The molecule has 0 saturated heterocycles. The number of carbonyl (C=O) groups is 2. The molecule has 0 aliphatic rings. The van der Waals surface area contributed by atoms with E-state index in [0.29, 0.717) is 17.8 Å². The lowest BCUT2D eigenvalue weighted by Crippen LogP contribution is -2.19. The number of ketones is 2. The van der Waals surface area contributed by atoms with Crippen LogP contribution < -0.4 is 0 Å². The zero-order valence-corrected chi connectivity index (χ0v) is 16.5. The van der Waals surface area contributed by atoms with Crippen LogP contribution in [0.3, 0.4) is 0 Å². The molecule has 0 atom stereocenters. The topological polar surface area (TPSA) is 49.7 Å². The van der Waals surface area contributed by atoms with Crippen molar-refractivity contribution >= 4 is 17.3 Å². The minimum atomic E-state index is -0.166. The van der Waals surface area contributed by atoms with E-state index in [0.717, 1.165) is 11.1 Å². The summed E-state index contributed by atoms with van der Waals surface area (Å²) < 4.78 is 0. The van der Waals surface area contributed by atoms with Gasteiger partial charge in [0.05, 0.1) is 25.1 Å². The molecule has 29 heavy (non-hydrogen) atoms. The smallest absolute Gasteiger partial charge is 0.170 e. The predicted octanol–water partition coefficient (Wildman–Crippen LogP) is 4.75. The summed E-state index contributed by atoms with van der Waals surface area (Å²) in [4.78, 5) is 25.0. The van der Waals surface area contributed by atoms with Gasteiger partial charge in [0.15, 0.2) is 5.78 Å². The average molecular weight is 384 g/mol. The van der Waals surface area contributed by atoms with Gasteiger partial charge in [-0.2, -0.15) is 5.10 Å². The number of hydrazone groups is 1. The van der Waals surface area contributed by atoms with Crippen LogP contribution >= 0.6 is 0 Å². The van der Waals surface area contributed by atoms with Gasteiger partial charge in [0.25, 0.3) is 0 Å². The normalized spacial score (nSPS) is 11.1. The highest BCUT2D eigenvalue weighted by Gasteiger charge is 2.16. The number of benzene rings is 3. The molecule has 0 amide bonds. The first-order valence-corrected chi connectivity index (χ1v) is 9.60. The summed E-state index contributed by atoms with van der Waals surface area (Å²) in [5, 5.41) is 6.50. The van der Waals surface area contributed by atoms with Gasteiger partial charge >= 0.3 is 0 Å². The predicted molar refractivity (Wildman–Crippen MR) is 116 cm³/mol. The van der Waals surface area contributed by atoms with E-state index in [1.54, 1.807) is 24.3 Å². The maximum absolute atomic E-state index is 12.6. The Labute approximate surface area is 171 Å². The van der Waals surface area contributed by atoms with Gasteiger partial charge in [-0.1, -0.05) is 91.0 Å². The summed E-state index contributed by atoms with van der Waals surface area (Å²) >= 11 is 0. The zero-order chi connectivity index (χ0) is 20.5. The average Bonchev–Trinajstić information content (AvgIpc) is 2.75. The van der Waals surface area contributed by atoms with Crippen molar-refractivity contribution in [3.63, 3.8) is 0 Å². The number of rotatable bonds is 9. The van der Waals surface area contributed by atoms with Crippen molar-refractivity contribution in [3.05, 3.63) is 108 Å². The van der Waals surface area contributed by atoms with E-state index in [2.05, 4.69) is 5.10 Å². The Morgan fingerprint density at radius 1 is 0.724 bits per heavy atom. The SMILES string of the molecule is CN(Cc1ccccc1)N=C(CC(=O)CC(=O)c1ccccc1)c1ccccc1. The second kappa shape index (κ2) is 10.1. The molecule has 4 nitrogen and oxygen atoms in total. The second-order valence-corrected chi connectivity index (χ2v) is 6.90. The Morgan fingerprint density at radius 3 is 1.83 bits per heavy atom. The molecule has 3 aromatic carbocycles. The number of Topliss-reactive ketones (excluding diaryl/α,β-unsaturated/α-hetero) is 2. The third-order valence-electron chi connectivity index (χ3n) is 4.47. The van der Waals surface area contributed by atoms with Gasteiger partial charge in [0.1, 0.15) is 5.78 Å². The van der Waals surface area contributed by atoms with E-state index < -0.39 is 0 Å². The summed E-state index contributed by atoms with van der Waals surface area (Å²) in [7, 11) is 1.88. The van der Waals surface area contributed by atoms with E-state index in [1.807, 2.05) is 78.8 Å². The first-order chi connectivity index (χ1) is 14.1. The van der Waals surface area contributed by atoms with E-state index in [1.165, 1.54) is 0 Å². The first kappa shape index (κ1) is 20.2. The highest BCUT2D eigenvalue weighted by Crippen LogP contribution is 2.11. The van der Waals surface area contributed by atoms with Crippen molar-refractivity contribution in [2.45, 2.75) is 19.4 Å². The highest BCUT2D eigenvalue weighted by atomic mass is 16.1. The molecule has 3 aromatic rings. The number of carbonyl (C=O) groups excluding carboxylic acids is 2. The van der Waals surface area contributed by atoms with Gasteiger partial charge in [-0.15, -0.1) is 0 Å². The Balaban J connectivity index is 1.73. The van der Waals surface area contributed by atoms with Crippen molar-refractivity contribution in [2.75, 3.05) is 7.05 Å². The molecule has 0 N–H and O–H groups in total. The number of hydrogen-bond acceptors (Lipinski definition) is 4. The summed E-state index contributed by atoms with van der Waals surface area (Å²) in [6.07, 6.45) is -0.0139. The van der Waals surface area contributed by atoms with E-state index in [-0.39, 0.29) is 24.4 Å². The van der Waals surface area contributed by atoms with Crippen LogP contribution in [-0.2, 0) is 11.3 Å². The van der Waals surface area contributed by atoms with E-state index in [4.69, 9.17) is 0 Å². The van der Waals surface area contributed by atoms with Crippen LogP contribution in [0, 0.1) is 0 Å². The molecule has 0 aliphatic carbocycles. The van der Waals surface area contributed by atoms with Gasteiger partial charge in [-0.3, -0.25) is 14.6 Å². The summed E-state index contributed by atoms with van der Waals surface area (Å²) in [6.45, 7) is 0.633. The molecule has 0 saturated carbocycles. The van der Waals surface area contributed by atoms with Crippen LogP contribution in [0.15, 0.2) is 96.1 Å². The lowest BCUT2D eigenvalue weighted by Gasteiger charge is -2.16. The van der Waals surface area contributed by atoms with Crippen LogP contribution in [0.4, 0.5) is 0 Å². The molecular weight excluding hydrogens is 360 g/mol. The van der Waals surface area contributed by atoms with Crippen molar-refractivity contribution in [1.82, 2.24) is 5.01 Å².